The van der Waals surface area contributed by atoms with Crippen molar-refractivity contribution < 1.29 is 0 Å². The molecule has 1 aliphatic rings. The van der Waals surface area contributed by atoms with E-state index in [1.165, 1.54) is 16.1 Å². The maximum absolute atomic E-state index is 5.90. The van der Waals surface area contributed by atoms with Crippen molar-refractivity contribution in [3.05, 3.63) is 46.5 Å². The Morgan fingerprint density at radius 3 is 2.62 bits per heavy atom. The number of nitrogens with one attached hydrogen (secondary N) is 1. The molecule has 0 fully saturated rings. The number of rotatable bonds is 2. The molecule has 0 bridgehead atoms. The molecular formula is C17H23N3S. The van der Waals surface area contributed by atoms with E-state index in [1.54, 1.807) is 11.3 Å². The molecule has 3 rings (SSSR count). The van der Waals surface area contributed by atoms with Crippen molar-refractivity contribution in [3.8, 4) is 0 Å². The molecule has 3 N–H and O–H groups in total. The number of benzene rings is 1. The molecule has 21 heavy (non-hydrogen) atoms. The van der Waals surface area contributed by atoms with Gasteiger partial charge in [-0.2, -0.15) is 0 Å². The van der Waals surface area contributed by atoms with Gasteiger partial charge in [0.15, 0.2) is 5.13 Å². The average molecular weight is 301 g/mol. The van der Waals surface area contributed by atoms with Crippen LogP contribution in [-0.4, -0.2) is 10.5 Å². The number of aromatic nitrogens is 1. The number of fused-ring (bicyclic) bond motifs is 1. The highest BCUT2D eigenvalue weighted by atomic mass is 32.1. The third-order valence-corrected chi connectivity index (χ3v) is 4.91. The van der Waals surface area contributed by atoms with Crippen molar-refractivity contribution in [1.29, 1.82) is 0 Å². The van der Waals surface area contributed by atoms with Gasteiger partial charge in [-0.25, -0.2) is 4.98 Å². The van der Waals surface area contributed by atoms with E-state index in [2.05, 4.69) is 61.4 Å². The summed E-state index contributed by atoms with van der Waals surface area (Å²) in [4.78, 5) is 5.81. The van der Waals surface area contributed by atoms with Gasteiger partial charge in [-0.05, 0) is 39.2 Å². The Bertz CT molecular complexity index is 627. The first-order valence-corrected chi connectivity index (χ1v) is 8.29. The summed E-state index contributed by atoms with van der Waals surface area (Å²) in [5.74, 6) is 0. The van der Waals surface area contributed by atoms with Gasteiger partial charge in [0.05, 0.1) is 5.69 Å². The van der Waals surface area contributed by atoms with Crippen molar-refractivity contribution in [2.45, 2.75) is 51.1 Å². The zero-order valence-electron chi connectivity index (χ0n) is 12.9. The summed E-state index contributed by atoms with van der Waals surface area (Å²) in [5, 5.41) is 4.57. The third-order valence-electron chi connectivity index (χ3n) is 3.99. The number of thiazole rings is 1. The Labute approximate surface area is 130 Å². The number of hydrogen-bond donors (Lipinski definition) is 2. The lowest BCUT2D eigenvalue weighted by Crippen LogP contribution is -2.54. The van der Waals surface area contributed by atoms with Crippen LogP contribution in [0.5, 0.6) is 0 Å². The molecule has 1 aliphatic carbocycles. The topological polar surface area (TPSA) is 50.9 Å². The fourth-order valence-electron chi connectivity index (χ4n) is 3.33. The highest BCUT2D eigenvalue weighted by Gasteiger charge is 2.39. The first kappa shape index (κ1) is 14.5. The lowest BCUT2D eigenvalue weighted by Gasteiger charge is -2.43. The fraction of sp³-hybridized carbons (Fsp3) is 0.471. The second kappa shape index (κ2) is 5.11. The molecule has 1 aromatic heterocycles. The van der Waals surface area contributed by atoms with Crippen LogP contribution in [-0.2, 0) is 18.4 Å². The highest BCUT2D eigenvalue weighted by Crippen LogP contribution is 2.40. The van der Waals surface area contributed by atoms with E-state index in [4.69, 9.17) is 5.73 Å². The molecule has 0 saturated carbocycles. The van der Waals surface area contributed by atoms with Crippen molar-refractivity contribution in [2.75, 3.05) is 5.73 Å². The standard InChI is InChI=1S/C17H23N3S/c1-16(2,3)20-17(12-7-5-4-6-8-12)10-9-13-14(11-17)21-15(18)19-13/h4-8,20H,9-11H2,1-3H3,(H2,18,19). The summed E-state index contributed by atoms with van der Waals surface area (Å²) < 4.78 is 0. The van der Waals surface area contributed by atoms with Crippen LogP contribution in [0.15, 0.2) is 30.3 Å². The van der Waals surface area contributed by atoms with Crippen LogP contribution in [0.4, 0.5) is 5.13 Å². The Kier molecular flexibility index (Phi) is 3.54. The van der Waals surface area contributed by atoms with Crippen molar-refractivity contribution in [3.63, 3.8) is 0 Å². The third kappa shape index (κ3) is 2.97. The lowest BCUT2D eigenvalue weighted by molar-refractivity contribution is 0.219. The van der Waals surface area contributed by atoms with Gasteiger partial charge >= 0.3 is 0 Å². The van der Waals surface area contributed by atoms with E-state index < -0.39 is 0 Å². The first-order chi connectivity index (χ1) is 9.88. The molecule has 2 aromatic rings. The van der Waals surface area contributed by atoms with E-state index in [9.17, 15) is 0 Å². The fourth-order valence-corrected chi connectivity index (χ4v) is 4.32. The lowest BCUT2D eigenvalue weighted by atomic mass is 9.76. The van der Waals surface area contributed by atoms with Crippen LogP contribution in [0.1, 0.15) is 43.3 Å². The minimum Gasteiger partial charge on any atom is -0.375 e. The molecule has 1 unspecified atom stereocenters. The van der Waals surface area contributed by atoms with Crippen LogP contribution >= 0.6 is 11.3 Å². The molecule has 0 saturated heterocycles. The molecule has 0 amide bonds. The number of aryl methyl sites for hydroxylation is 1. The minimum absolute atomic E-state index is 0.0223. The Morgan fingerprint density at radius 2 is 1.95 bits per heavy atom. The van der Waals surface area contributed by atoms with Gasteiger partial charge in [0.25, 0.3) is 0 Å². The van der Waals surface area contributed by atoms with Crippen LogP contribution in [0.3, 0.4) is 0 Å². The monoisotopic (exact) mass is 301 g/mol. The van der Waals surface area contributed by atoms with E-state index in [1.807, 2.05) is 0 Å². The smallest absolute Gasteiger partial charge is 0.180 e. The van der Waals surface area contributed by atoms with Crippen molar-refractivity contribution >= 4 is 16.5 Å². The number of nitrogens with zero attached hydrogens (tertiary/aromatic N) is 1. The minimum atomic E-state index is -0.0223. The highest BCUT2D eigenvalue weighted by molar-refractivity contribution is 7.15. The van der Waals surface area contributed by atoms with E-state index in [0.29, 0.717) is 5.13 Å². The number of nitrogens with two attached hydrogens (primary N) is 1. The second-order valence-electron chi connectivity index (χ2n) is 6.92. The van der Waals surface area contributed by atoms with Gasteiger partial charge in [-0.3, -0.25) is 0 Å². The van der Waals surface area contributed by atoms with Crippen LogP contribution < -0.4 is 11.1 Å². The quantitative estimate of drug-likeness (QED) is 0.892. The normalized spacial score (nSPS) is 22.0. The molecule has 112 valence electrons. The number of hydrogen-bond acceptors (Lipinski definition) is 4. The zero-order chi connectivity index (χ0) is 15.1. The van der Waals surface area contributed by atoms with Crippen molar-refractivity contribution in [1.82, 2.24) is 10.3 Å². The summed E-state index contributed by atoms with van der Waals surface area (Å²) in [6.07, 6.45) is 3.02. The molecule has 1 heterocycles. The van der Waals surface area contributed by atoms with Gasteiger partial charge < -0.3 is 11.1 Å². The first-order valence-electron chi connectivity index (χ1n) is 7.47. The molecule has 1 atom stereocenters. The van der Waals surface area contributed by atoms with Crippen LogP contribution in [0.25, 0.3) is 0 Å². The van der Waals surface area contributed by atoms with Crippen LogP contribution in [0, 0.1) is 0 Å². The van der Waals surface area contributed by atoms with E-state index >= 15 is 0 Å². The maximum atomic E-state index is 5.90. The molecule has 0 spiro atoms. The second-order valence-corrected chi connectivity index (χ2v) is 8.04. The van der Waals surface area contributed by atoms with Gasteiger partial charge in [0.2, 0.25) is 0 Å². The maximum Gasteiger partial charge on any atom is 0.180 e. The van der Waals surface area contributed by atoms with Gasteiger partial charge in [-0.1, -0.05) is 30.3 Å². The molecule has 4 heteroatoms. The van der Waals surface area contributed by atoms with E-state index in [0.717, 1.165) is 19.3 Å². The Morgan fingerprint density at radius 1 is 1.24 bits per heavy atom. The van der Waals surface area contributed by atoms with Crippen LogP contribution in [0.2, 0.25) is 0 Å². The average Bonchev–Trinajstić information content (AvgIpc) is 2.77. The van der Waals surface area contributed by atoms with Gasteiger partial charge in [0, 0.05) is 22.4 Å². The van der Waals surface area contributed by atoms with Gasteiger partial charge in [0.1, 0.15) is 0 Å². The van der Waals surface area contributed by atoms with E-state index in [-0.39, 0.29) is 11.1 Å². The zero-order valence-corrected chi connectivity index (χ0v) is 13.8. The molecule has 3 nitrogen and oxygen atoms in total. The molecular weight excluding hydrogens is 278 g/mol. The largest absolute Gasteiger partial charge is 0.375 e. The summed E-state index contributed by atoms with van der Waals surface area (Å²) in [7, 11) is 0. The summed E-state index contributed by atoms with van der Waals surface area (Å²) >= 11 is 1.64. The molecule has 1 aromatic carbocycles. The molecule has 0 aliphatic heterocycles. The SMILES string of the molecule is CC(C)(C)NC1(c2ccccc2)CCc2nc(N)sc2C1. The number of nitrogen functional groups attached to an aromatic ring is 1. The van der Waals surface area contributed by atoms with Crippen molar-refractivity contribution in [2.24, 2.45) is 0 Å². The summed E-state index contributed by atoms with van der Waals surface area (Å²) in [5.41, 5.74) is 8.49. The summed E-state index contributed by atoms with van der Waals surface area (Å²) in [6.45, 7) is 6.69. The molecule has 0 radical (unpaired) electrons. The Hall–Kier alpha value is -1.39. The Balaban J connectivity index is 2.03. The predicted octanol–water partition coefficient (Wildman–Crippen LogP) is 3.50. The number of anilines is 1. The summed E-state index contributed by atoms with van der Waals surface area (Å²) in [6, 6.07) is 10.8. The van der Waals surface area contributed by atoms with Gasteiger partial charge in [-0.15, -0.1) is 11.3 Å². The predicted molar refractivity (Wildman–Crippen MR) is 89.6 cm³/mol.